The van der Waals surface area contributed by atoms with Crippen molar-refractivity contribution < 1.29 is 31.1 Å². The molecule has 0 fully saturated rings. The number of tetrazole rings is 1. The second-order valence-electron chi connectivity index (χ2n) is 7.47. The van der Waals surface area contributed by atoms with Gasteiger partial charge in [-0.05, 0) is 59.8 Å². The van der Waals surface area contributed by atoms with Crippen LogP contribution in [-0.2, 0) is 22.7 Å². The molecule has 186 valence electrons. The minimum absolute atomic E-state index is 0.0138. The van der Waals surface area contributed by atoms with Crippen LogP contribution in [0.3, 0.4) is 0 Å². The molecule has 0 aliphatic heterocycles. The van der Waals surface area contributed by atoms with Gasteiger partial charge in [-0.2, -0.15) is 18.0 Å². The fourth-order valence-corrected chi connectivity index (χ4v) is 4.35. The monoisotopic (exact) mass is 517 g/mol. The first kappa shape index (κ1) is 24.9. The van der Waals surface area contributed by atoms with Gasteiger partial charge < -0.3 is 4.74 Å². The molecule has 3 aromatic carbocycles. The van der Waals surface area contributed by atoms with Crippen LogP contribution in [0.4, 0.5) is 18.9 Å². The Bertz CT molecular complexity index is 1500. The summed E-state index contributed by atoms with van der Waals surface area (Å²) in [6, 6.07) is 15.9. The van der Waals surface area contributed by atoms with Crippen molar-refractivity contribution in [2.24, 2.45) is 0 Å². The molecule has 0 amide bonds. The zero-order valence-electron chi connectivity index (χ0n) is 18.6. The van der Waals surface area contributed by atoms with Crippen molar-refractivity contribution in [1.82, 2.24) is 20.2 Å². The van der Waals surface area contributed by atoms with Crippen LogP contribution in [0, 0.1) is 0 Å². The molecule has 0 unspecified atom stereocenters. The smallest absolute Gasteiger partial charge is 0.416 e. The minimum atomic E-state index is -4.70. The first-order valence-electron chi connectivity index (χ1n) is 10.3. The first-order valence-corrected chi connectivity index (χ1v) is 11.8. The van der Waals surface area contributed by atoms with Gasteiger partial charge in [0.25, 0.3) is 10.0 Å². The lowest BCUT2D eigenvalue weighted by Gasteiger charge is -2.12. The maximum absolute atomic E-state index is 13.0. The van der Waals surface area contributed by atoms with Gasteiger partial charge in [0, 0.05) is 11.1 Å². The van der Waals surface area contributed by atoms with Gasteiger partial charge >= 0.3 is 6.18 Å². The predicted molar refractivity (Wildman–Crippen MR) is 123 cm³/mol. The van der Waals surface area contributed by atoms with Gasteiger partial charge in [0.1, 0.15) is 12.3 Å². The Morgan fingerprint density at radius 2 is 1.75 bits per heavy atom. The number of hydrogen-bond acceptors (Lipinski definition) is 7. The SMILES string of the molecule is COc1ccc(C(=O)Cn2nnc(-c3ccccc3NS(=O)(=O)c3cccc(C(F)(F)F)c3)n2)cc1. The van der Waals surface area contributed by atoms with Gasteiger partial charge in [0.15, 0.2) is 5.78 Å². The molecule has 36 heavy (non-hydrogen) atoms. The molecule has 4 rings (SSSR count). The lowest BCUT2D eigenvalue weighted by Crippen LogP contribution is -2.15. The number of aromatic nitrogens is 4. The number of carbonyl (C=O) groups is 1. The number of ether oxygens (including phenoxy) is 1. The Labute approximate surface area is 203 Å². The number of anilines is 1. The van der Waals surface area contributed by atoms with Crippen molar-refractivity contribution in [3.8, 4) is 17.1 Å². The van der Waals surface area contributed by atoms with E-state index in [9.17, 15) is 26.4 Å². The van der Waals surface area contributed by atoms with Crippen LogP contribution in [0.2, 0.25) is 0 Å². The number of nitrogens with one attached hydrogen (secondary N) is 1. The normalized spacial score (nSPS) is 11.8. The van der Waals surface area contributed by atoms with E-state index in [0.29, 0.717) is 17.4 Å². The van der Waals surface area contributed by atoms with Gasteiger partial charge in [-0.3, -0.25) is 9.52 Å². The average Bonchev–Trinajstić information content (AvgIpc) is 3.32. The highest BCUT2D eigenvalue weighted by atomic mass is 32.2. The van der Waals surface area contributed by atoms with Crippen LogP contribution in [0.25, 0.3) is 11.4 Å². The highest BCUT2D eigenvalue weighted by molar-refractivity contribution is 7.92. The predicted octanol–water partition coefficient (Wildman–Crippen LogP) is 4.05. The number of ketones is 1. The molecule has 0 spiro atoms. The van der Waals surface area contributed by atoms with E-state index >= 15 is 0 Å². The quantitative estimate of drug-likeness (QED) is 0.351. The Balaban J connectivity index is 1.56. The Morgan fingerprint density at radius 1 is 1.03 bits per heavy atom. The molecular formula is C23H18F3N5O4S. The number of Topliss-reactive ketones (excluding diaryl/α,β-unsaturated/α-hetero) is 1. The zero-order chi connectivity index (χ0) is 25.9. The molecule has 9 nitrogen and oxygen atoms in total. The van der Waals surface area contributed by atoms with E-state index in [-0.39, 0.29) is 29.4 Å². The minimum Gasteiger partial charge on any atom is -0.497 e. The Morgan fingerprint density at radius 3 is 2.44 bits per heavy atom. The lowest BCUT2D eigenvalue weighted by atomic mass is 10.1. The molecule has 0 saturated carbocycles. The van der Waals surface area contributed by atoms with Gasteiger partial charge in [-0.25, -0.2) is 8.42 Å². The first-order chi connectivity index (χ1) is 17.1. The molecule has 0 aliphatic rings. The summed E-state index contributed by atoms with van der Waals surface area (Å²) < 4.78 is 72.1. The second-order valence-corrected chi connectivity index (χ2v) is 9.15. The van der Waals surface area contributed by atoms with Crippen LogP contribution in [-0.4, -0.2) is 41.5 Å². The number of rotatable bonds is 8. The largest absolute Gasteiger partial charge is 0.497 e. The number of benzene rings is 3. The number of halogens is 3. The van der Waals surface area contributed by atoms with Crippen LogP contribution in [0.5, 0.6) is 5.75 Å². The number of para-hydroxylation sites is 1. The summed E-state index contributed by atoms with van der Waals surface area (Å²) in [7, 11) is -2.87. The highest BCUT2D eigenvalue weighted by Crippen LogP contribution is 2.32. The molecule has 1 aromatic heterocycles. The summed E-state index contributed by atoms with van der Waals surface area (Å²) in [4.78, 5) is 13.0. The van der Waals surface area contributed by atoms with Gasteiger partial charge in [0.2, 0.25) is 5.82 Å². The summed E-state index contributed by atoms with van der Waals surface area (Å²) in [5.41, 5.74) is -0.444. The van der Waals surface area contributed by atoms with Crippen molar-refractivity contribution in [3.63, 3.8) is 0 Å². The lowest BCUT2D eigenvalue weighted by molar-refractivity contribution is -0.137. The van der Waals surface area contributed by atoms with Crippen molar-refractivity contribution in [1.29, 1.82) is 0 Å². The summed E-state index contributed by atoms with van der Waals surface area (Å²) in [6.07, 6.45) is -4.70. The molecule has 13 heteroatoms. The van der Waals surface area contributed by atoms with Crippen LogP contribution >= 0.6 is 0 Å². The number of carbonyl (C=O) groups excluding carboxylic acids is 1. The van der Waals surface area contributed by atoms with Crippen molar-refractivity contribution >= 4 is 21.5 Å². The summed E-state index contributed by atoms with van der Waals surface area (Å²) in [5.74, 6) is 0.317. The molecule has 0 aliphatic carbocycles. The summed E-state index contributed by atoms with van der Waals surface area (Å²) in [5, 5.41) is 11.9. The number of nitrogens with zero attached hydrogens (tertiary/aromatic N) is 4. The Kier molecular flexibility index (Phi) is 6.75. The standard InChI is InChI=1S/C23H18F3N5O4S/c1-35-17-11-9-15(10-12-17)21(32)14-31-28-22(27-30-31)19-7-2-3-8-20(19)29-36(33,34)18-6-4-5-16(13-18)23(24,25)26/h2-13,29H,14H2,1H3. The Hall–Kier alpha value is -4.26. The third-order valence-electron chi connectivity index (χ3n) is 5.03. The van der Waals surface area contributed by atoms with E-state index in [1.807, 2.05) is 0 Å². The molecule has 0 atom stereocenters. The molecule has 0 saturated heterocycles. The number of methoxy groups -OCH3 is 1. The third kappa shape index (κ3) is 5.51. The molecule has 4 aromatic rings. The number of alkyl halides is 3. The van der Waals surface area contributed by atoms with Crippen LogP contribution < -0.4 is 9.46 Å². The number of sulfonamides is 1. The van der Waals surface area contributed by atoms with Crippen molar-refractivity contribution in [2.75, 3.05) is 11.8 Å². The van der Waals surface area contributed by atoms with E-state index in [4.69, 9.17) is 4.74 Å². The average molecular weight is 517 g/mol. The maximum Gasteiger partial charge on any atom is 0.416 e. The molecular weight excluding hydrogens is 499 g/mol. The highest BCUT2D eigenvalue weighted by Gasteiger charge is 2.32. The third-order valence-corrected chi connectivity index (χ3v) is 6.40. The fraction of sp³-hybridized carbons (Fsp3) is 0.130. The fourth-order valence-electron chi connectivity index (χ4n) is 3.23. The van der Waals surface area contributed by atoms with Gasteiger partial charge in [-0.15, -0.1) is 10.2 Å². The van der Waals surface area contributed by atoms with E-state index in [1.165, 1.54) is 25.3 Å². The van der Waals surface area contributed by atoms with E-state index in [0.717, 1.165) is 23.0 Å². The topological polar surface area (TPSA) is 116 Å². The molecule has 0 bridgehead atoms. The zero-order valence-corrected chi connectivity index (χ0v) is 19.4. The van der Waals surface area contributed by atoms with Gasteiger partial charge in [-0.1, -0.05) is 18.2 Å². The molecule has 0 radical (unpaired) electrons. The molecule has 1 heterocycles. The second kappa shape index (κ2) is 9.77. The van der Waals surface area contributed by atoms with E-state index in [2.05, 4.69) is 20.1 Å². The van der Waals surface area contributed by atoms with Crippen molar-refractivity contribution in [2.45, 2.75) is 17.6 Å². The van der Waals surface area contributed by atoms with Gasteiger partial charge in [0.05, 0.1) is 23.3 Å². The maximum atomic E-state index is 13.0. The summed E-state index contributed by atoms with van der Waals surface area (Å²) in [6.45, 7) is -0.225. The molecule has 1 N–H and O–H groups in total. The van der Waals surface area contributed by atoms with E-state index in [1.54, 1.807) is 30.3 Å². The van der Waals surface area contributed by atoms with Crippen LogP contribution in [0.1, 0.15) is 15.9 Å². The summed E-state index contributed by atoms with van der Waals surface area (Å²) >= 11 is 0. The van der Waals surface area contributed by atoms with Crippen LogP contribution in [0.15, 0.2) is 77.7 Å². The number of hydrogen-bond donors (Lipinski definition) is 1. The van der Waals surface area contributed by atoms with Crippen molar-refractivity contribution in [3.05, 3.63) is 83.9 Å². The van der Waals surface area contributed by atoms with E-state index < -0.39 is 26.7 Å².